The Hall–Kier alpha value is -1.88. The van der Waals surface area contributed by atoms with Gasteiger partial charge in [0.15, 0.2) is 5.82 Å². The highest BCUT2D eigenvalue weighted by Gasteiger charge is 2.11. The lowest BCUT2D eigenvalue weighted by Gasteiger charge is -2.08. The van der Waals surface area contributed by atoms with Crippen molar-refractivity contribution < 1.29 is 0 Å². The average Bonchev–Trinajstić information content (AvgIpc) is 2.65. The Balaban J connectivity index is 2.31. The summed E-state index contributed by atoms with van der Waals surface area (Å²) in [6, 6.07) is 7.39. The maximum absolute atomic E-state index is 10.9. The molecule has 0 radical (unpaired) electrons. The van der Waals surface area contributed by atoms with E-state index in [0.717, 1.165) is 5.56 Å². The SMILES string of the molecule is Cc1ccc(C(N)c2n[nH]c(=O)[nH]2)cc1. The number of nitrogens with zero attached hydrogens (tertiary/aromatic N) is 1. The number of aromatic amines is 2. The predicted octanol–water partition coefficient (Wildman–Crippen LogP) is 0.455. The predicted molar refractivity (Wildman–Crippen MR) is 56.4 cm³/mol. The van der Waals surface area contributed by atoms with Crippen molar-refractivity contribution in [2.45, 2.75) is 13.0 Å². The molecule has 0 aliphatic rings. The maximum atomic E-state index is 10.9. The topological polar surface area (TPSA) is 87.6 Å². The minimum Gasteiger partial charge on any atom is -0.318 e. The van der Waals surface area contributed by atoms with Crippen LogP contribution in [-0.2, 0) is 0 Å². The van der Waals surface area contributed by atoms with Crippen LogP contribution >= 0.6 is 0 Å². The number of aryl methyl sites for hydroxylation is 1. The van der Waals surface area contributed by atoms with E-state index in [9.17, 15) is 4.79 Å². The van der Waals surface area contributed by atoms with Crippen LogP contribution in [0, 0.1) is 6.92 Å². The van der Waals surface area contributed by atoms with E-state index in [0.29, 0.717) is 5.82 Å². The molecule has 1 unspecified atom stereocenters. The third kappa shape index (κ3) is 1.97. The second kappa shape index (κ2) is 3.70. The van der Waals surface area contributed by atoms with Gasteiger partial charge in [-0.3, -0.25) is 4.98 Å². The van der Waals surface area contributed by atoms with Crippen molar-refractivity contribution in [3.8, 4) is 0 Å². The Kier molecular flexibility index (Phi) is 2.39. The third-order valence-electron chi connectivity index (χ3n) is 2.25. The van der Waals surface area contributed by atoms with Crippen molar-refractivity contribution >= 4 is 0 Å². The molecule has 2 rings (SSSR count). The molecule has 0 fully saturated rings. The molecule has 1 atom stereocenters. The minimum atomic E-state index is -0.399. The number of benzene rings is 1. The fourth-order valence-electron chi connectivity index (χ4n) is 1.36. The molecule has 1 aromatic heterocycles. The number of H-pyrrole nitrogens is 2. The van der Waals surface area contributed by atoms with Crippen molar-refractivity contribution in [2.24, 2.45) is 5.73 Å². The monoisotopic (exact) mass is 204 g/mol. The summed E-state index contributed by atoms with van der Waals surface area (Å²) < 4.78 is 0. The van der Waals surface area contributed by atoms with Crippen LogP contribution in [0.4, 0.5) is 0 Å². The van der Waals surface area contributed by atoms with Gasteiger partial charge in [0.05, 0.1) is 6.04 Å². The zero-order chi connectivity index (χ0) is 10.8. The lowest BCUT2D eigenvalue weighted by Crippen LogP contribution is -2.14. The summed E-state index contributed by atoms with van der Waals surface area (Å²) in [5.41, 5.74) is 7.67. The molecular weight excluding hydrogens is 192 g/mol. The van der Waals surface area contributed by atoms with Crippen LogP contribution in [0.2, 0.25) is 0 Å². The number of hydrogen-bond donors (Lipinski definition) is 3. The van der Waals surface area contributed by atoms with Crippen LogP contribution in [0.3, 0.4) is 0 Å². The molecule has 0 amide bonds. The average molecular weight is 204 g/mol. The normalized spacial score (nSPS) is 12.7. The first-order valence-corrected chi connectivity index (χ1v) is 4.63. The molecule has 5 nitrogen and oxygen atoms in total. The van der Waals surface area contributed by atoms with E-state index in [-0.39, 0.29) is 5.69 Å². The van der Waals surface area contributed by atoms with Gasteiger partial charge in [-0.05, 0) is 12.5 Å². The first-order valence-electron chi connectivity index (χ1n) is 4.63. The standard InChI is InChI=1S/C10H12N4O/c1-6-2-4-7(5-3-6)8(11)9-12-10(15)14-13-9/h2-5,8H,11H2,1H3,(H2,12,13,14,15). The molecule has 0 aliphatic heterocycles. The van der Waals surface area contributed by atoms with Crippen molar-refractivity contribution in [3.05, 3.63) is 51.7 Å². The molecule has 78 valence electrons. The molecule has 0 bridgehead atoms. The van der Waals surface area contributed by atoms with Gasteiger partial charge in [-0.15, -0.1) is 0 Å². The molecule has 1 aromatic carbocycles. The first-order chi connectivity index (χ1) is 7.16. The van der Waals surface area contributed by atoms with E-state index in [1.54, 1.807) is 0 Å². The summed E-state index contributed by atoms with van der Waals surface area (Å²) in [5.74, 6) is 0.448. The smallest absolute Gasteiger partial charge is 0.318 e. The zero-order valence-electron chi connectivity index (χ0n) is 8.32. The van der Waals surface area contributed by atoms with Crippen LogP contribution in [0.15, 0.2) is 29.1 Å². The summed E-state index contributed by atoms with van der Waals surface area (Å²) in [5, 5.41) is 6.09. The number of nitrogens with two attached hydrogens (primary N) is 1. The number of rotatable bonds is 2. The number of hydrogen-bond acceptors (Lipinski definition) is 3. The Morgan fingerprint density at radius 1 is 1.33 bits per heavy atom. The molecule has 0 saturated carbocycles. The second-order valence-corrected chi connectivity index (χ2v) is 3.45. The highest BCUT2D eigenvalue weighted by molar-refractivity contribution is 5.27. The molecule has 0 spiro atoms. The lowest BCUT2D eigenvalue weighted by molar-refractivity contribution is 0.787. The third-order valence-corrected chi connectivity index (χ3v) is 2.25. The van der Waals surface area contributed by atoms with Crippen molar-refractivity contribution in [3.63, 3.8) is 0 Å². The number of aromatic nitrogens is 3. The van der Waals surface area contributed by atoms with Crippen molar-refractivity contribution in [1.82, 2.24) is 15.2 Å². The largest absolute Gasteiger partial charge is 0.340 e. The summed E-state index contributed by atoms with van der Waals surface area (Å²) in [7, 11) is 0. The molecule has 0 aliphatic carbocycles. The molecule has 1 heterocycles. The fourth-order valence-corrected chi connectivity index (χ4v) is 1.36. The van der Waals surface area contributed by atoms with Gasteiger partial charge < -0.3 is 5.73 Å². The first kappa shape index (κ1) is 9.67. The van der Waals surface area contributed by atoms with Crippen LogP contribution in [0.25, 0.3) is 0 Å². The molecular formula is C10H12N4O. The van der Waals surface area contributed by atoms with Crippen LogP contribution < -0.4 is 11.4 Å². The van der Waals surface area contributed by atoms with Gasteiger partial charge in [-0.25, -0.2) is 9.89 Å². The number of nitrogens with one attached hydrogen (secondary N) is 2. The van der Waals surface area contributed by atoms with Gasteiger partial charge in [0.1, 0.15) is 0 Å². The van der Waals surface area contributed by atoms with Gasteiger partial charge in [-0.1, -0.05) is 29.8 Å². The summed E-state index contributed by atoms with van der Waals surface area (Å²) in [4.78, 5) is 13.4. The van der Waals surface area contributed by atoms with Gasteiger partial charge in [0.25, 0.3) is 0 Å². The lowest BCUT2D eigenvalue weighted by atomic mass is 10.1. The van der Waals surface area contributed by atoms with E-state index in [4.69, 9.17) is 5.73 Å². The Morgan fingerprint density at radius 2 is 2.00 bits per heavy atom. The molecule has 0 saturated heterocycles. The molecule has 2 aromatic rings. The van der Waals surface area contributed by atoms with Gasteiger partial charge >= 0.3 is 5.69 Å². The van der Waals surface area contributed by atoms with Gasteiger partial charge in [-0.2, -0.15) is 5.10 Å². The summed E-state index contributed by atoms with van der Waals surface area (Å²) >= 11 is 0. The highest BCUT2D eigenvalue weighted by atomic mass is 16.1. The van der Waals surface area contributed by atoms with Gasteiger partial charge in [0.2, 0.25) is 0 Å². The van der Waals surface area contributed by atoms with Crippen molar-refractivity contribution in [1.29, 1.82) is 0 Å². The zero-order valence-corrected chi connectivity index (χ0v) is 8.32. The van der Waals surface area contributed by atoms with Crippen LogP contribution in [0.1, 0.15) is 23.0 Å². The highest BCUT2D eigenvalue weighted by Crippen LogP contribution is 2.15. The van der Waals surface area contributed by atoms with E-state index >= 15 is 0 Å². The van der Waals surface area contributed by atoms with Crippen LogP contribution in [-0.4, -0.2) is 15.2 Å². The Morgan fingerprint density at radius 3 is 2.53 bits per heavy atom. The maximum Gasteiger partial charge on any atom is 0.340 e. The van der Waals surface area contributed by atoms with Crippen molar-refractivity contribution in [2.75, 3.05) is 0 Å². The summed E-state index contributed by atoms with van der Waals surface area (Å²) in [6.45, 7) is 2.01. The molecule has 4 N–H and O–H groups in total. The fraction of sp³-hybridized carbons (Fsp3) is 0.200. The Bertz CT molecular complexity index is 497. The minimum absolute atomic E-state index is 0.340. The molecule has 5 heteroatoms. The Labute approximate surface area is 86.3 Å². The van der Waals surface area contributed by atoms with Crippen LogP contribution in [0.5, 0.6) is 0 Å². The second-order valence-electron chi connectivity index (χ2n) is 3.45. The van der Waals surface area contributed by atoms with E-state index in [1.165, 1.54) is 5.56 Å². The van der Waals surface area contributed by atoms with E-state index in [1.807, 2.05) is 31.2 Å². The molecule has 15 heavy (non-hydrogen) atoms. The quantitative estimate of drug-likeness (QED) is 0.663. The van der Waals surface area contributed by atoms with E-state index < -0.39 is 6.04 Å². The summed E-state index contributed by atoms with van der Waals surface area (Å²) in [6.07, 6.45) is 0. The van der Waals surface area contributed by atoms with E-state index in [2.05, 4.69) is 15.2 Å². The van der Waals surface area contributed by atoms with Gasteiger partial charge in [0, 0.05) is 0 Å².